The lowest BCUT2D eigenvalue weighted by atomic mass is 10.2. The number of ether oxygens (including phenoxy) is 1. The first-order chi connectivity index (χ1) is 8.66. The van der Waals surface area contributed by atoms with Crippen molar-refractivity contribution in [1.29, 1.82) is 0 Å². The van der Waals surface area contributed by atoms with Crippen LogP contribution in [0, 0.1) is 0 Å². The predicted octanol–water partition coefficient (Wildman–Crippen LogP) is 2.54. The minimum atomic E-state index is -0.289. The summed E-state index contributed by atoms with van der Waals surface area (Å²) in [6, 6.07) is 5.19. The van der Waals surface area contributed by atoms with E-state index in [0.717, 1.165) is 18.7 Å². The van der Waals surface area contributed by atoms with Gasteiger partial charge >= 0.3 is 6.09 Å². The van der Waals surface area contributed by atoms with Crippen LogP contribution in [0.4, 0.5) is 4.79 Å². The molecule has 0 aromatic heterocycles. The maximum Gasteiger partial charge on any atom is 0.410 e. The molecule has 1 amide bonds. The molecule has 0 atom stereocenters. The zero-order valence-electron chi connectivity index (χ0n) is 9.79. The standard InChI is InChI=1S/C12H14Cl2N2O2/c13-10-2-1-9(7-11(10)14)8-18-12(17)16-5-3-15-4-6-16/h1-2,7,15H,3-6,8H2. The zero-order chi connectivity index (χ0) is 13.0. The summed E-state index contributed by atoms with van der Waals surface area (Å²) >= 11 is 11.7. The van der Waals surface area contributed by atoms with Crippen LogP contribution in [-0.4, -0.2) is 37.2 Å². The molecule has 0 aliphatic carbocycles. The Labute approximate surface area is 116 Å². The molecular weight excluding hydrogens is 275 g/mol. The summed E-state index contributed by atoms with van der Waals surface area (Å²) in [5.74, 6) is 0. The van der Waals surface area contributed by atoms with Gasteiger partial charge < -0.3 is 15.0 Å². The number of halogens is 2. The molecule has 1 aromatic rings. The topological polar surface area (TPSA) is 41.6 Å². The summed E-state index contributed by atoms with van der Waals surface area (Å²) in [6.45, 7) is 3.18. The summed E-state index contributed by atoms with van der Waals surface area (Å²) in [5.41, 5.74) is 0.827. The van der Waals surface area contributed by atoms with Gasteiger partial charge in [-0.05, 0) is 17.7 Å². The molecule has 98 valence electrons. The van der Waals surface area contributed by atoms with Crippen LogP contribution in [0.2, 0.25) is 10.0 Å². The van der Waals surface area contributed by atoms with Crippen LogP contribution >= 0.6 is 23.2 Å². The number of nitrogens with one attached hydrogen (secondary N) is 1. The van der Waals surface area contributed by atoms with E-state index < -0.39 is 0 Å². The summed E-state index contributed by atoms with van der Waals surface area (Å²) in [4.78, 5) is 13.4. The molecule has 0 unspecified atom stereocenters. The number of carbonyl (C=O) groups excluding carboxylic acids is 1. The van der Waals surface area contributed by atoms with Crippen LogP contribution in [0.15, 0.2) is 18.2 Å². The third-order valence-electron chi connectivity index (χ3n) is 2.72. The first-order valence-corrected chi connectivity index (χ1v) is 6.49. The fourth-order valence-electron chi connectivity index (χ4n) is 1.71. The predicted molar refractivity (Wildman–Crippen MR) is 71.1 cm³/mol. The molecule has 0 radical (unpaired) electrons. The van der Waals surface area contributed by atoms with Crippen molar-refractivity contribution in [2.45, 2.75) is 6.61 Å². The van der Waals surface area contributed by atoms with Crippen LogP contribution in [-0.2, 0) is 11.3 Å². The molecule has 0 saturated carbocycles. The lowest BCUT2D eigenvalue weighted by molar-refractivity contribution is 0.0918. The number of benzene rings is 1. The van der Waals surface area contributed by atoms with Crippen LogP contribution in [0.25, 0.3) is 0 Å². The molecule has 2 rings (SSSR count). The monoisotopic (exact) mass is 288 g/mol. The Hall–Kier alpha value is -0.970. The van der Waals surface area contributed by atoms with Crippen molar-refractivity contribution in [2.75, 3.05) is 26.2 Å². The Morgan fingerprint density at radius 3 is 2.67 bits per heavy atom. The highest BCUT2D eigenvalue weighted by Crippen LogP contribution is 2.22. The second-order valence-electron chi connectivity index (χ2n) is 4.04. The molecule has 1 aromatic carbocycles. The molecule has 0 bridgehead atoms. The van der Waals surface area contributed by atoms with Crippen LogP contribution in [0.3, 0.4) is 0 Å². The van der Waals surface area contributed by atoms with E-state index in [2.05, 4.69) is 5.32 Å². The van der Waals surface area contributed by atoms with Crippen molar-refractivity contribution in [1.82, 2.24) is 10.2 Å². The highest BCUT2D eigenvalue weighted by molar-refractivity contribution is 6.42. The van der Waals surface area contributed by atoms with Gasteiger partial charge in [0.25, 0.3) is 0 Å². The summed E-state index contributed by atoms with van der Waals surface area (Å²) in [7, 11) is 0. The number of carbonyl (C=O) groups is 1. The number of piperazine rings is 1. The summed E-state index contributed by atoms with van der Waals surface area (Å²) in [6.07, 6.45) is -0.289. The summed E-state index contributed by atoms with van der Waals surface area (Å²) in [5, 5.41) is 4.13. The Bertz CT molecular complexity index is 434. The number of hydrogen-bond acceptors (Lipinski definition) is 3. The van der Waals surface area contributed by atoms with Crippen molar-refractivity contribution in [3.63, 3.8) is 0 Å². The van der Waals surface area contributed by atoms with Gasteiger partial charge in [-0.2, -0.15) is 0 Å². The highest BCUT2D eigenvalue weighted by atomic mass is 35.5. The molecule has 0 spiro atoms. The third kappa shape index (κ3) is 3.51. The quantitative estimate of drug-likeness (QED) is 0.909. The second kappa shape index (κ2) is 6.27. The van der Waals surface area contributed by atoms with Gasteiger partial charge in [0, 0.05) is 26.2 Å². The van der Waals surface area contributed by atoms with Gasteiger partial charge in [-0.1, -0.05) is 29.3 Å². The Balaban J connectivity index is 1.86. The molecule has 6 heteroatoms. The van der Waals surface area contributed by atoms with Crippen molar-refractivity contribution >= 4 is 29.3 Å². The lowest BCUT2D eigenvalue weighted by Gasteiger charge is -2.26. The van der Waals surface area contributed by atoms with Gasteiger partial charge in [0.1, 0.15) is 6.61 Å². The Kier molecular flexibility index (Phi) is 4.69. The van der Waals surface area contributed by atoms with Crippen LogP contribution in [0.5, 0.6) is 0 Å². The molecule has 4 nitrogen and oxygen atoms in total. The first kappa shape index (κ1) is 13.5. The van der Waals surface area contributed by atoms with E-state index >= 15 is 0 Å². The molecule has 18 heavy (non-hydrogen) atoms. The molecule has 1 fully saturated rings. The highest BCUT2D eigenvalue weighted by Gasteiger charge is 2.17. The average molecular weight is 289 g/mol. The smallest absolute Gasteiger partial charge is 0.410 e. The van der Waals surface area contributed by atoms with Gasteiger partial charge in [-0.3, -0.25) is 0 Å². The first-order valence-electron chi connectivity index (χ1n) is 5.73. The van der Waals surface area contributed by atoms with E-state index in [0.29, 0.717) is 23.1 Å². The van der Waals surface area contributed by atoms with Gasteiger partial charge in [0.05, 0.1) is 10.0 Å². The minimum absolute atomic E-state index is 0.208. The second-order valence-corrected chi connectivity index (χ2v) is 4.85. The van der Waals surface area contributed by atoms with Crippen molar-refractivity contribution in [2.24, 2.45) is 0 Å². The maximum absolute atomic E-state index is 11.7. The van der Waals surface area contributed by atoms with E-state index in [1.807, 2.05) is 0 Å². The van der Waals surface area contributed by atoms with Crippen LogP contribution < -0.4 is 5.32 Å². The van der Waals surface area contributed by atoms with Crippen molar-refractivity contribution in [3.8, 4) is 0 Å². The minimum Gasteiger partial charge on any atom is -0.445 e. The zero-order valence-corrected chi connectivity index (χ0v) is 11.3. The lowest BCUT2D eigenvalue weighted by Crippen LogP contribution is -2.46. The van der Waals surface area contributed by atoms with E-state index in [1.54, 1.807) is 23.1 Å². The van der Waals surface area contributed by atoms with E-state index in [4.69, 9.17) is 27.9 Å². The normalized spacial score (nSPS) is 15.6. The van der Waals surface area contributed by atoms with Gasteiger partial charge in [-0.25, -0.2) is 4.79 Å². The van der Waals surface area contributed by atoms with Crippen LogP contribution in [0.1, 0.15) is 5.56 Å². The van der Waals surface area contributed by atoms with Crippen molar-refractivity contribution < 1.29 is 9.53 Å². The molecular formula is C12H14Cl2N2O2. The average Bonchev–Trinajstić information content (AvgIpc) is 2.41. The SMILES string of the molecule is O=C(OCc1ccc(Cl)c(Cl)c1)N1CCNCC1. The fourth-order valence-corrected chi connectivity index (χ4v) is 2.03. The number of amides is 1. The van der Waals surface area contributed by atoms with Gasteiger partial charge in [0.15, 0.2) is 0 Å². The molecule has 1 N–H and O–H groups in total. The molecule has 1 saturated heterocycles. The van der Waals surface area contributed by atoms with E-state index in [9.17, 15) is 4.79 Å². The summed E-state index contributed by atoms with van der Waals surface area (Å²) < 4.78 is 5.22. The number of hydrogen-bond donors (Lipinski definition) is 1. The van der Waals surface area contributed by atoms with Gasteiger partial charge in [0.2, 0.25) is 0 Å². The maximum atomic E-state index is 11.7. The Morgan fingerprint density at radius 2 is 2.00 bits per heavy atom. The number of nitrogens with zero attached hydrogens (tertiary/aromatic N) is 1. The third-order valence-corrected chi connectivity index (χ3v) is 3.46. The molecule has 1 aliphatic rings. The van der Waals surface area contributed by atoms with E-state index in [-0.39, 0.29) is 12.7 Å². The number of rotatable bonds is 2. The van der Waals surface area contributed by atoms with E-state index in [1.165, 1.54) is 0 Å². The molecule has 1 heterocycles. The molecule has 1 aliphatic heterocycles. The van der Waals surface area contributed by atoms with Crippen molar-refractivity contribution in [3.05, 3.63) is 33.8 Å². The van der Waals surface area contributed by atoms with Gasteiger partial charge in [-0.15, -0.1) is 0 Å². The Morgan fingerprint density at radius 1 is 1.28 bits per heavy atom. The largest absolute Gasteiger partial charge is 0.445 e. The fraction of sp³-hybridized carbons (Fsp3) is 0.417.